The van der Waals surface area contributed by atoms with Crippen LogP contribution < -0.4 is 0 Å². The molecule has 0 saturated heterocycles. The minimum absolute atomic E-state index is 0.786. The predicted octanol–water partition coefficient (Wildman–Crippen LogP) is 5.46. The molecule has 1 nitrogen and oxygen atoms in total. The summed E-state index contributed by atoms with van der Waals surface area (Å²) < 4.78 is 5.14. The second-order valence-electron chi connectivity index (χ2n) is 4.44. The molecule has 0 aliphatic carbocycles. The molecule has 0 bridgehead atoms. The van der Waals surface area contributed by atoms with Crippen molar-refractivity contribution in [3.05, 3.63) is 12.3 Å². The fourth-order valence-corrected chi connectivity index (χ4v) is 1.81. The Balaban J connectivity index is 2.93. The van der Waals surface area contributed by atoms with Gasteiger partial charge in [0.15, 0.2) is 0 Å². The van der Waals surface area contributed by atoms with Gasteiger partial charge in [-0.2, -0.15) is 0 Å². The van der Waals surface area contributed by atoms with Gasteiger partial charge >= 0.3 is 0 Å². The van der Waals surface area contributed by atoms with Crippen molar-refractivity contribution in [2.24, 2.45) is 0 Å². The van der Waals surface area contributed by atoms with E-state index in [9.17, 15) is 0 Å². The summed E-state index contributed by atoms with van der Waals surface area (Å²) in [7, 11) is 0. The maximum Gasteiger partial charge on any atom is 0.0845 e. The molecule has 0 aromatic carbocycles. The molecular formula is C15H30O. The van der Waals surface area contributed by atoms with E-state index in [2.05, 4.69) is 13.0 Å². The molecule has 0 N–H and O–H groups in total. The van der Waals surface area contributed by atoms with Crippen LogP contribution in [-0.4, -0.2) is 6.61 Å². The van der Waals surface area contributed by atoms with Crippen LogP contribution >= 0.6 is 0 Å². The van der Waals surface area contributed by atoms with Crippen molar-refractivity contribution in [1.29, 1.82) is 0 Å². The molecule has 0 atom stereocenters. The highest BCUT2D eigenvalue weighted by molar-refractivity contribution is 4.72. The van der Waals surface area contributed by atoms with Crippen LogP contribution in [0.5, 0.6) is 0 Å². The van der Waals surface area contributed by atoms with E-state index in [0.29, 0.717) is 0 Å². The molecule has 0 amide bonds. The zero-order valence-electron chi connectivity index (χ0n) is 11.3. The average Bonchev–Trinajstić information content (AvgIpc) is 2.31. The summed E-state index contributed by atoms with van der Waals surface area (Å²) in [6, 6.07) is 0. The first-order valence-corrected chi connectivity index (χ1v) is 7.18. The first-order valence-electron chi connectivity index (χ1n) is 7.18. The van der Waals surface area contributed by atoms with Crippen molar-refractivity contribution in [2.45, 2.75) is 78.1 Å². The van der Waals surface area contributed by atoms with E-state index in [-0.39, 0.29) is 0 Å². The average molecular weight is 226 g/mol. The lowest BCUT2D eigenvalue weighted by Crippen LogP contribution is -1.81. The second kappa shape index (κ2) is 14.5. The van der Waals surface area contributed by atoms with Gasteiger partial charge in [0.2, 0.25) is 0 Å². The highest BCUT2D eigenvalue weighted by Gasteiger charge is 1.90. The molecule has 0 fully saturated rings. The maximum absolute atomic E-state index is 5.14. The molecule has 0 heterocycles. The van der Waals surface area contributed by atoms with Gasteiger partial charge in [-0.25, -0.2) is 0 Å². The quantitative estimate of drug-likeness (QED) is 0.317. The number of unbranched alkanes of at least 4 members (excludes halogenated alkanes) is 9. The second-order valence-corrected chi connectivity index (χ2v) is 4.44. The van der Waals surface area contributed by atoms with E-state index in [1.807, 2.05) is 13.2 Å². The summed E-state index contributed by atoms with van der Waals surface area (Å²) in [6.45, 7) is 5.08. The Morgan fingerprint density at radius 1 is 0.750 bits per heavy atom. The molecule has 0 aliphatic heterocycles. The topological polar surface area (TPSA) is 9.23 Å². The highest BCUT2D eigenvalue weighted by Crippen LogP contribution is 2.10. The van der Waals surface area contributed by atoms with Crippen LogP contribution in [0.15, 0.2) is 12.3 Å². The Hall–Kier alpha value is -0.460. The van der Waals surface area contributed by atoms with E-state index in [0.717, 1.165) is 6.61 Å². The van der Waals surface area contributed by atoms with Gasteiger partial charge in [-0.3, -0.25) is 0 Å². The number of rotatable bonds is 12. The van der Waals surface area contributed by atoms with Gasteiger partial charge in [-0.15, -0.1) is 0 Å². The van der Waals surface area contributed by atoms with Crippen LogP contribution in [0.4, 0.5) is 0 Å². The minimum atomic E-state index is 0.786. The molecule has 0 unspecified atom stereocenters. The van der Waals surface area contributed by atoms with Crippen molar-refractivity contribution in [3.63, 3.8) is 0 Å². The zero-order chi connectivity index (χ0) is 11.9. The molecule has 0 radical (unpaired) electrons. The largest absolute Gasteiger partial charge is 0.502 e. The fraction of sp³-hybridized carbons (Fsp3) is 0.867. The van der Waals surface area contributed by atoms with Crippen LogP contribution in [0, 0.1) is 0 Å². The number of ether oxygens (including phenoxy) is 1. The van der Waals surface area contributed by atoms with Crippen LogP contribution in [-0.2, 0) is 4.74 Å². The van der Waals surface area contributed by atoms with Crippen molar-refractivity contribution < 1.29 is 4.74 Å². The first-order chi connectivity index (χ1) is 7.91. The molecular weight excluding hydrogens is 196 g/mol. The summed E-state index contributed by atoms with van der Waals surface area (Å²) in [5.41, 5.74) is 0. The van der Waals surface area contributed by atoms with Crippen LogP contribution in [0.3, 0.4) is 0 Å². The molecule has 1 heteroatoms. The third-order valence-corrected chi connectivity index (χ3v) is 2.83. The third kappa shape index (κ3) is 13.5. The van der Waals surface area contributed by atoms with Crippen LogP contribution in [0.1, 0.15) is 78.1 Å². The first kappa shape index (κ1) is 15.5. The van der Waals surface area contributed by atoms with Crippen LogP contribution in [0.25, 0.3) is 0 Å². The standard InChI is InChI=1S/C15H30O/c1-3-5-6-7-8-9-10-11-12-13-14-15-16-4-2/h14-15H,3-13H2,1-2H3. The number of hydrogen-bond acceptors (Lipinski definition) is 1. The predicted molar refractivity (Wildman–Crippen MR) is 72.6 cm³/mol. The van der Waals surface area contributed by atoms with Gasteiger partial charge < -0.3 is 4.74 Å². The summed E-state index contributed by atoms with van der Waals surface area (Å²) >= 11 is 0. The SMILES string of the molecule is CCCCCCCCCCCC=COCC. The molecule has 16 heavy (non-hydrogen) atoms. The molecule has 0 aliphatic rings. The summed E-state index contributed by atoms with van der Waals surface area (Å²) in [6.07, 6.45) is 17.8. The van der Waals surface area contributed by atoms with Gasteiger partial charge in [0.1, 0.15) is 0 Å². The summed E-state index contributed by atoms with van der Waals surface area (Å²) in [5, 5.41) is 0. The van der Waals surface area contributed by atoms with Crippen molar-refractivity contribution in [1.82, 2.24) is 0 Å². The Morgan fingerprint density at radius 2 is 1.31 bits per heavy atom. The molecule has 0 spiro atoms. The molecule has 0 saturated carbocycles. The van der Waals surface area contributed by atoms with Crippen molar-refractivity contribution in [3.8, 4) is 0 Å². The van der Waals surface area contributed by atoms with E-state index in [1.54, 1.807) is 0 Å². The Morgan fingerprint density at radius 3 is 1.88 bits per heavy atom. The Kier molecular flexibility index (Phi) is 14.1. The van der Waals surface area contributed by atoms with Gasteiger partial charge in [0.25, 0.3) is 0 Å². The molecule has 96 valence electrons. The Labute approximate surface area is 102 Å². The summed E-state index contributed by atoms with van der Waals surface area (Å²) in [4.78, 5) is 0. The van der Waals surface area contributed by atoms with Crippen molar-refractivity contribution in [2.75, 3.05) is 6.61 Å². The van der Waals surface area contributed by atoms with Crippen molar-refractivity contribution >= 4 is 0 Å². The van der Waals surface area contributed by atoms with Gasteiger partial charge in [0, 0.05) is 0 Å². The van der Waals surface area contributed by atoms with Gasteiger partial charge in [0.05, 0.1) is 12.9 Å². The summed E-state index contributed by atoms with van der Waals surface area (Å²) in [5.74, 6) is 0. The van der Waals surface area contributed by atoms with Gasteiger partial charge in [-0.1, -0.05) is 58.3 Å². The molecule has 0 aromatic heterocycles. The highest BCUT2D eigenvalue weighted by atomic mass is 16.5. The van der Waals surface area contributed by atoms with Crippen LogP contribution in [0.2, 0.25) is 0 Å². The lowest BCUT2D eigenvalue weighted by molar-refractivity contribution is 0.268. The normalized spacial score (nSPS) is 11.1. The fourth-order valence-electron chi connectivity index (χ4n) is 1.81. The van der Waals surface area contributed by atoms with Gasteiger partial charge in [-0.05, 0) is 25.8 Å². The lowest BCUT2D eigenvalue weighted by Gasteiger charge is -2.00. The molecule has 0 aromatic rings. The lowest BCUT2D eigenvalue weighted by atomic mass is 10.1. The van der Waals surface area contributed by atoms with E-state index in [1.165, 1.54) is 64.2 Å². The Bertz CT molecular complexity index is 140. The molecule has 0 rings (SSSR count). The van der Waals surface area contributed by atoms with E-state index in [4.69, 9.17) is 4.74 Å². The number of allylic oxidation sites excluding steroid dienone is 1. The maximum atomic E-state index is 5.14. The zero-order valence-corrected chi connectivity index (χ0v) is 11.3. The monoisotopic (exact) mass is 226 g/mol. The smallest absolute Gasteiger partial charge is 0.0845 e. The van der Waals surface area contributed by atoms with E-state index >= 15 is 0 Å². The number of hydrogen-bond donors (Lipinski definition) is 0. The van der Waals surface area contributed by atoms with E-state index < -0.39 is 0 Å². The minimum Gasteiger partial charge on any atom is -0.502 e. The third-order valence-electron chi connectivity index (χ3n) is 2.83.